The predicted molar refractivity (Wildman–Crippen MR) is 144 cm³/mol. The Morgan fingerprint density at radius 3 is 2.80 bits per heavy atom. The van der Waals surface area contributed by atoms with Gasteiger partial charge < -0.3 is 18.9 Å². The number of rotatable bonds is 10. The zero-order chi connectivity index (χ0) is 27.5. The van der Waals surface area contributed by atoms with Crippen molar-refractivity contribution in [3.8, 4) is 5.75 Å². The summed E-state index contributed by atoms with van der Waals surface area (Å²) in [5, 5.41) is 13.5. The molecule has 2 aromatic carbocycles. The van der Waals surface area contributed by atoms with Crippen molar-refractivity contribution in [3.63, 3.8) is 0 Å². The molecule has 40 heavy (non-hydrogen) atoms. The van der Waals surface area contributed by atoms with Crippen LogP contribution in [0.15, 0.2) is 76.1 Å². The lowest BCUT2D eigenvalue weighted by molar-refractivity contribution is 0.0901. The summed E-state index contributed by atoms with van der Waals surface area (Å²) in [6.07, 6.45) is 3.48. The third-order valence-corrected chi connectivity index (χ3v) is 7.18. The van der Waals surface area contributed by atoms with Crippen LogP contribution < -0.4 is 10.3 Å². The summed E-state index contributed by atoms with van der Waals surface area (Å²) in [5.74, 6) is 1.54. The fourth-order valence-corrected chi connectivity index (χ4v) is 5.21. The second-order valence-electron chi connectivity index (χ2n) is 9.87. The van der Waals surface area contributed by atoms with Gasteiger partial charge >= 0.3 is 0 Å². The van der Waals surface area contributed by atoms with Crippen molar-refractivity contribution < 1.29 is 18.3 Å². The maximum atomic E-state index is 13.8. The summed E-state index contributed by atoms with van der Waals surface area (Å²) >= 11 is 0. The van der Waals surface area contributed by atoms with Gasteiger partial charge in [-0.2, -0.15) is 0 Å². The lowest BCUT2D eigenvalue weighted by atomic mass is 10.0. The predicted octanol–water partition coefficient (Wildman–Crippen LogP) is 4.23. The Balaban J connectivity index is 1.50. The van der Waals surface area contributed by atoms with Crippen molar-refractivity contribution in [2.45, 2.75) is 44.6 Å². The van der Waals surface area contributed by atoms with E-state index >= 15 is 0 Å². The second-order valence-corrected chi connectivity index (χ2v) is 9.87. The smallest absolute Gasteiger partial charge is 0.253 e. The summed E-state index contributed by atoms with van der Waals surface area (Å²) in [7, 11) is 1.60. The van der Waals surface area contributed by atoms with Crippen molar-refractivity contribution in [1.82, 2.24) is 30.1 Å². The standard InChI is InChI=1S/C29H29FN6O4/c1-38-22-10-11-26-20(14-22)15-25(29(37)31-26)27(28-32-33-34-36(28)18-24-5-3-13-40-24)35(17-23-4-2-12-39-23)16-19-6-8-21(30)9-7-19/h2,4,6-12,14-15,24,27H,3,5,13,16-18H2,1H3,(H,31,37). The van der Waals surface area contributed by atoms with E-state index in [1.54, 1.807) is 36.3 Å². The molecule has 1 aliphatic rings. The number of H-pyrrole nitrogens is 1. The van der Waals surface area contributed by atoms with E-state index in [1.165, 1.54) is 12.1 Å². The SMILES string of the molecule is COc1ccc2[nH]c(=O)c(C(c3nnnn3CC3CCCO3)N(Cc3ccc(F)cc3)Cc3ccco3)cc2c1. The van der Waals surface area contributed by atoms with Crippen molar-refractivity contribution in [2.75, 3.05) is 13.7 Å². The molecule has 5 aromatic rings. The van der Waals surface area contributed by atoms with E-state index in [2.05, 4.69) is 25.4 Å². The monoisotopic (exact) mass is 544 g/mol. The molecular formula is C29H29FN6O4. The first-order chi connectivity index (χ1) is 19.6. The fraction of sp³-hybridized carbons (Fsp3) is 0.310. The van der Waals surface area contributed by atoms with Gasteiger partial charge in [-0.3, -0.25) is 9.69 Å². The number of fused-ring (bicyclic) bond motifs is 1. The van der Waals surface area contributed by atoms with Gasteiger partial charge in [-0.1, -0.05) is 12.1 Å². The highest BCUT2D eigenvalue weighted by Gasteiger charge is 2.32. The molecule has 11 heteroatoms. The number of pyridine rings is 1. The highest BCUT2D eigenvalue weighted by atomic mass is 19.1. The number of aromatic nitrogens is 5. The first-order valence-corrected chi connectivity index (χ1v) is 13.2. The molecule has 3 aromatic heterocycles. The molecule has 0 radical (unpaired) electrons. The molecule has 1 N–H and O–H groups in total. The Morgan fingerprint density at radius 1 is 1.18 bits per heavy atom. The van der Waals surface area contributed by atoms with E-state index in [1.807, 2.05) is 30.3 Å². The van der Waals surface area contributed by atoms with Crippen LogP contribution in [0.3, 0.4) is 0 Å². The number of hydrogen-bond donors (Lipinski definition) is 1. The van der Waals surface area contributed by atoms with Crippen molar-refractivity contribution >= 4 is 10.9 Å². The van der Waals surface area contributed by atoms with Crippen LogP contribution in [0.2, 0.25) is 0 Å². The Morgan fingerprint density at radius 2 is 2.05 bits per heavy atom. The van der Waals surface area contributed by atoms with E-state index in [9.17, 15) is 9.18 Å². The normalized spacial score (nSPS) is 16.1. The number of tetrazole rings is 1. The number of nitrogens with one attached hydrogen (secondary N) is 1. The summed E-state index contributed by atoms with van der Waals surface area (Å²) in [6, 6.07) is 16.7. The van der Waals surface area contributed by atoms with Crippen LogP contribution in [0.1, 0.15) is 41.6 Å². The molecule has 2 atom stereocenters. The minimum absolute atomic E-state index is 0.0160. The van der Waals surface area contributed by atoms with Gasteiger partial charge in [0.25, 0.3) is 5.56 Å². The maximum Gasteiger partial charge on any atom is 0.253 e. The maximum absolute atomic E-state index is 13.8. The molecular weight excluding hydrogens is 515 g/mol. The molecule has 1 saturated heterocycles. The summed E-state index contributed by atoms with van der Waals surface area (Å²) in [6.45, 7) is 1.88. The van der Waals surface area contributed by atoms with Gasteiger partial charge in [-0.25, -0.2) is 9.07 Å². The highest BCUT2D eigenvalue weighted by Crippen LogP contribution is 2.31. The minimum atomic E-state index is -0.675. The van der Waals surface area contributed by atoms with Crippen LogP contribution in [0.4, 0.5) is 4.39 Å². The first kappa shape index (κ1) is 25.9. The van der Waals surface area contributed by atoms with Crippen molar-refractivity contribution in [2.24, 2.45) is 0 Å². The molecule has 0 amide bonds. The zero-order valence-corrected chi connectivity index (χ0v) is 22.0. The first-order valence-electron chi connectivity index (χ1n) is 13.2. The highest BCUT2D eigenvalue weighted by molar-refractivity contribution is 5.80. The molecule has 1 fully saturated rings. The number of furan rings is 1. The lowest BCUT2D eigenvalue weighted by Crippen LogP contribution is -2.35. The van der Waals surface area contributed by atoms with Crippen molar-refractivity contribution in [1.29, 1.82) is 0 Å². The molecule has 0 bridgehead atoms. The van der Waals surface area contributed by atoms with Gasteiger partial charge in [0.1, 0.15) is 23.4 Å². The van der Waals surface area contributed by atoms with E-state index < -0.39 is 6.04 Å². The fourth-order valence-electron chi connectivity index (χ4n) is 5.21. The Bertz CT molecular complexity index is 1630. The van der Waals surface area contributed by atoms with Gasteiger partial charge in [0.2, 0.25) is 0 Å². The molecule has 4 heterocycles. The lowest BCUT2D eigenvalue weighted by Gasteiger charge is -2.30. The minimum Gasteiger partial charge on any atom is -0.497 e. The van der Waals surface area contributed by atoms with Gasteiger partial charge in [0.05, 0.1) is 32.6 Å². The van der Waals surface area contributed by atoms with Crippen LogP contribution in [-0.2, 0) is 24.4 Å². The van der Waals surface area contributed by atoms with E-state index in [-0.39, 0.29) is 17.5 Å². The Hall–Kier alpha value is -4.35. The molecule has 6 rings (SSSR count). The number of hydrogen-bond acceptors (Lipinski definition) is 8. The van der Waals surface area contributed by atoms with E-state index in [4.69, 9.17) is 13.9 Å². The zero-order valence-electron chi connectivity index (χ0n) is 22.0. The van der Waals surface area contributed by atoms with Gasteiger partial charge in [0.15, 0.2) is 5.82 Å². The molecule has 0 aliphatic carbocycles. The van der Waals surface area contributed by atoms with E-state index in [0.717, 1.165) is 23.8 Å². The van der Waals surface area contributed by atoms with Crippen LogP contribution in [0.5, 0.6) is 5.75 Å². The van der Waals surface area contributed by atoms with Crippen molar-refractivity contribution in [3.05, 3.63) is 106 Å². The third-order valence-electron chi connectivity index (χ3n) is 7.18. The molecule has 1 aliphatic heterocycles. The summed E-state index contributed by atoms with van der Waals surface area (Å²) < 4.78 is 32.5. The van der Waals surface area contributed by atoms with Crippen LogP contribution >= 0.6 is 0 Å². The molecule has 206 valence electrons. The Labute approximate surface area is 229 Å². The summed E-state index contributed by atoms with van der Waals surface area (Å²) in [5.41, 5.74) is 1.73. The third kappa shape index (κ3) is 5.51. The molecule has 0 saturated carbocycles. The Kier molecular flexibility index (Phi) is 7.39. The number of aromatic amines is 1. The molecule has 0 spiro atoms. The molecule has 2 unspecified atom stereocenters. The van der Waals surface area contributed by atoms with Gasteiger partial charge in [0, 0.05) is 29.6 Å². The number of halogens is 1. The van der Waals surface area contributed by atoms with Crippen LogP contribution in [0, 0.1) is 5.82 Å². The number of nitrogens with zero attached hydrogens (tertiary/aromatic N) is 5. The van der Waals surface area contributed by atoms with Crippen LogP contribution in [-0.4, -0.2) is 49.9 Å². The number of ether oxygens (including phenoxy) is 2. The van der Waals surface area contributed by atoms with E-state index in [0.29, 0.717) is 54.7 Å². The second kappa shape index (κ2) is 11.4. The average Bonchev–Trinajstić information content (AvgIpc) is 3.75. The topological polar surface area (TPSA) is 111 Å². The molecule has 10 nitrogen and oxygen atoms in total. The van der Waals surface area contributed by atoms with Gasteiger partial charge in [-0.15, -0.1) is 5.10 Å². The number of methoxy groups -OCH3 is 1. The number of benzene rings is 2. The quantitative estimate of drug-likeness (QED) is 0.278. The average molecular weight is 545 g/mol. The van der Waals surface area contributed by atoms with Gasteiger partial charge in [-0.05, 0) is 77.4 Å². The summed E-state index contributed by atoms with van der Waals surface area (Å²) in [4.78, 5) is 18.8. The van der Waals surface area contributed by atoms with Crippen LogP contribution in [0.25, 0.3) is 10.9 Å². The largest absolute Gasteiger partial charge is 0.497 e.